The van der Waals surface area contributed by atoms with Crippen molar-refractivity contribution < 1.29 is 31.1 Å². The van der Waals surface area contributed by atoms with Crippen LogP contribution in [0.3, 0.4) is 0 Å². The van der Waals surface area contributed by atoms with Crippen LogP contribution in [-0.4, -0.2) is 11.3 Å². The molecule has 0 bridgehead atoms. The van der Waals surface area contributed by atoms with Crippen LogP contribution in [0.25, 0.3) is 0 Å². The molecule has 80 valence electrons. The third-order valence-corrected chi connectivity index (χ3v) is 1.69. The highest BCUT2D eigenvalue weighted by Crippen LogP contribution is 2.34. The van der Waals surface area contributed by atoms with Crippen LogP contribution in [0.15, 0.2) is 5.38 Å². The van der Waals surface area contributed by atoms with Crippen molar-refractivity contribution in [1.29, 1.82) is 0 Å². The van der Waals surface area contributed by atoms with E-state index in [2.05, 4.69) is 9.72 Å². The average molecular weight is 237 g/mol. The summed E-state index contributed by atoms with van der Waals surface area (Å²) in [5, 5.41) is -0.633. The van der Waals surface area contributed by atoms with Crippen molar-refractivity contribution in [2.45, 2.75) is 12.5 Å². The topological polar surface area (TPSA) is 22.1 Å². The molecule has 0 saturated carbocycles. The van der Waals surface area contributed by atoms with Gasteiger partial charge in [0.2, 0.25) is 0 Å². The SMILES string of the molecule is FC(F)(F)Oc1nc(C(F)(F)F)cs1. The van der Waals surface area contributed by atoms with Gasteiger partial charge in [0.1, 0.15) is 0 Å². The number of thiazole rings is 1. The van der Waals surface area contributed by atoms with E-state index in [1.165, 1.54) is 0 Å². The summed E-state index contributed by atoms with van der Waals surface area (Å²) in [6, 6.07) is 0. The van der Waals surface area contributed by atoms with Gasteiger partial charge in [0.15, 0.2) is 5.69 Å². The number of aromatic nitrogens is 1. The predicted octanol–water partition coefficient (Wildman–Crippen LogP) is 3.06. The molecule has 0 amide bonds. The van der Waals surface area contributed by atoms with Gasteiger partial charge >= 0.3 is 12.5 Å². The highest BCUT2D eigenvalue weighted by molar-refractivity contribution is 7.11. The van der Waals surface area contributed by atoms with E-state index < -0.39 is 23.4 Å². The zero-order valence-electron chi connectivity index (χ0n) is 6.11. The fourth-order valence-corrected chi connectivity index (χ4v) is 1.23. The van der Waals surface area contributed by atoms with Crippen molar-refractivity contribution >= 4 is 11.3 Å². The van der Waals surface area contributed by atoms with Gasteiger partial charge in [-0.3, -0.25) is 0 Å². The minimum absolute atomic E-state index is 0.130. The molecule has 0 unspecified atom stereocenters. The van der Waals surface area contributed by atoms with Crippen molar-refractivity contribution in [3.63, 3.8) is 0 Å². The molecular weight excluding hydrogens is 236 g/mol. The van der Waals surface area contributed by atoms with E-state index in [0.717, 1.165) is 0 Å². The van der Waals surface area contributed by atoms with E-state index in [1.54, 1.807) is 0 Å². The molecule has 14 heavy (non-hydrogen) atoms. The molecule has 1 aromatic rings. The van der Waals surface area contributed by atoms with Gasteiger partial charge in [0, 0.05) is 5.38 Å². The second-order valence-corrected chi connectivity index (χ2v) is 2.86. The molecule has 1 aromatic heterocycles. The molecule has 2 nitrogen and oxygen atoms in total. The molecular formula is C5HF6NOS. The summed E-state index contributed by atoms with van der Waals surface area (Å²) < 4.78 is 73.2. The molecule has 0 aliphatic heterocycles. The van der Waals surface area contributed by atoms with Crippen LogP contribution in [0.2, 0.25) is 0 Å². The van der Waals surface area contributed by atoms with Gasteiger partial charge in [-0.15, -0.1) is 13.2 Å². The van der Waals surface area contributed by atoms with E-state index in [-0.39, 0.29) is 11.3 Å². The Morgan fingerprint density at radius 3 is 2.07 bits per heavy atom. The molecule has 0 fully saturated rings. The molecule has 0 atom stereocenters. The third-order valence-electron chi connectivity index (χ3n) is 0.977. The Morgan fingerprint density at radius 2 is 1.71 bits per heavy atom. The standard InChI is InChI=1S/C5HF6NOS/c6-4(7,8)2-1-14-3(12-2)13-5(9,10)11/h1H. The van der Waals surface area contributed by atoms with Crippen molar-refractivity contribution in [3.8, 4) is 5.19 Å². The number of hydrogen-bond donors (Lipinski definition) is 0. The maximum Gasteiger partial charge on any atom is 0.574 e. The van der Waals surface area contributed by atoms with E-state index in [4.69, 9.17) is 0 Å². The van der Waals surface area contributed by atoms with E-state index in [9.17, 15) is 26.3 Å². The zero-order chi connectivity index (χ0) is 11.0. The highest BCUT2D eigenvalue weighted by Gasteiger charge is 2.37. The van der Waals surface area contributed by atoms with Crippen LogP contribution in [0.5, 0.6) is 5.19 Å². The lowest BCUT2D eigenvalue weighted by molar-refractivity contribution is -0.274. The van der Waals surface area contributed by atoms with Gasteiger partial charge in [-0.05, 0) is 0 Å². The van der Waals surface area contributed by atoms with Gasteiger partial charge in [-0.25, -0.2) is 0 Å². The fourth-order valence-electron chi connectivity index (χ4n) is 0.533. The molecule has 0 aliphatic rings. The number of alkyl halides is 6. The molecule has 0 saturated heterocycles. The first-order chi connectivity index (χ1) is 6.18. The van der Waals surface area contributed by atoms with Crippen LogP contribution in [0, 0.1) is 0 Å². The first-order valence-corrected chi connectivity index (χ1v) is 3.85. The van der Waals surface area contributed by atoms with Gasteiger partial charge < -0.3 is 4.74 Å². The summed E-state index contributed by atoms with van der Waals surface area (Å²) in [7, 11) is 0. The Balaban J connectivity index is 2.79. The summed E-state index contributed by atoms with van der Waals surface area (Å²) in [4.78, 5) is 2.62. The molecule has 0 radical (unpaired) electrons. The van der Waals surface area contributed by atoms with Crippen molar-refractivity contribution in [2.24, 2.45) is 0 Å². The Kier molecular flexibility index (Phi) is 2.61. The molecule has 1 heterocycles. The maximum atomic E-state index is 11.8. The van der Waals surface area contributed by atoms with Crippen molar-refractivity contribution in [1.82, 2.24) is 4.98 Å². The Bertz CT molecular complexity index is 315. The first-order valence-electron chi connectivity index (χ1n) is 2.97. The minimum Gasteiger partial charge on any atom is -0.378 e. The van der Waals surface area contributed by atoms with Gasteiger partial charge in [-0.2, -0.15) is 18.2 Å². The summed E-state index contributed by atoms with van der Waals surface area (Å²) in [6.07, 6.45) is -9.79. The maximum absolute atomic E-state index is 11.8. The molecule has 0 aromatic carbocycles. The molecule has 0 spiro atoms. The monoisotopic (exact) mass is 237 g/mol. The normalized spacial score (nSPS) is 13.0. The van der Waals surface area contributed by atoms with Gasteiger partial charge in [0.05, 0.1) is 0 Å². The quantitative estimate of drug-likeness (QED) is 0.700. The average Bonchev–Trinajstić information content (AvgIpc) is 2.29. The number of ether oxygens (including phenoxy) is 1. The van der Waals surface area contributed by atoms with Crippen LogP contribution in [0.1, 0.15) is 5.69 Å². The van der Waals surface area contributed by atoms with Gasteiger partial charge in [0.25, 0.3) is 5.19 Å². The molecule has 0 N–H and O–H groups in total. The zero-order valence-corrected chi connectivity index (χ0v) is 6.93. The number of nitrogens with zero attached hydrogens (tertiary/aromatic N) is 1. The van der Waals surface area contributed by atoms with Crippen molar-refractivity contribution in [2.75, 3.05) is 0 Å². The lowest BCUT2D eigenvalue weighted by atomic mass is 10.5. The van der Waals surface area contributed by atoms with Crippen molar-refractivity contribution in [3.05, 3.63) is 11.1 Å². The summed E-state index contributed by atoms with van der Waals surface area (Å²) in [5.41, 5.74) is -1.40. The largest absolute Gasteiger partial charge is 0.574 e. The lowest BCUT2D eigenvalue weighted by Crippen LogP contribution is -2.17. The predicted molar refractivity (Wildman–Crippen MR) is 33.8 cm³/mol. The summed E-state index contributed by atoms with van der Waals surface area (Å²) in [5.74, 6) is 0. The second-order valence-electron chi connectivity index (χ2n) is 2.04. The van der Waals surface area contributed by atoms with E-state index in [1.807, 2.05) is 0 Å². The molecule has 9 heteroatoms. The smallest absolute Gasteiger partial charge is 0.378 e. The van der Waals surface area contributed by atoms with Crippen LogP contribution >= 0.6 is 11.3 Å². The van der Waals surface area contributed by atoms with Crippen LogP contribution in [-0.2, 0) is 6.18 Å². The second kappa shape index (κ2) is 3.30. The Morgan fingerprint density at radius 1 is 1.14 bits per heavy atom. The molecule has 0 aliphatic carbocycles. The Hall–Kier alpha value is -0.990. The van der Waals surface area contributed by atoms with E-state index >= 15 is 0 Å². The molecule has 1 rings (SSSR count). The summed E-state index contributed by atoms with van der Waals surface area (Å²) >= 11 is 0.130. The number of halogens is 6. The highest BCUT2D eigenvalue weighted by atomic mass is 32.1. The van der Waals surface area contributed by atoms with Crippen LogP contribution < -0.4 is 4.74 Å². The fraction of sp³-hybridized carbons (Fsp3) is 0.400. The van der Waals surface area contributed by atoms with E-state index in [0.29, 0.717) is 5.38 Å². The lowest BCUT2D eigenvalue weighted by Gasteiger charge is -2.04. The summed E-state index contributed by atoms with van der Waals surface area (Å²) in [6.45, 7) is 0. The number of hydrogen-bond acceptors (Lipinski definition) is 3. The Labute approximate surface area is 77.1 Å². The minimum atomic E-state index is -5.03. The third kappa shape index (κ3) is 3.05. The number of rotatable bonds is 1. The first kappa shape index (κ1) is 11.1. The van der Waals surface area contributed by atoms with Crippen LogP contribution in [0.4, 0.5) is 26.3 Å². The van der Waals surface area contributed by atoms with Gasteiger partial charge in [-0.1, -0.05) is 11.3 Å².